The number of rotatable bonds is 4. The second-order valence-electron chi connectivity index (χ2n) is 6.96. The Balaban J connectivity index is 1.57. The van der Waals surface area contributed by atoms with Crippen LogP contribution in [0.15, 0.2) is 63.8 Å². The van der Waals surface area contributed by atoms with Gasteiger partial charge >= 0.3 is 0 Å². The first kappa shape index (κ1) is 19.2. The predicted molar refractivity (Wildman–Crippen MR) is 113 cm³/mol. The summed E-state index contributed by atoms with van der Waals surface area (Å²) in [5.41, 5.74) is 3.51. The number of nitrogens with zero attached hydrogens (tertiary/aromatic N) is 3. The minimum atomic E-state index is -0.467. The van der Waals surface area contributed by atoms with Crippen molar-refractivity contribution in [3.63, 3.8) is 0 Å². The molecule has 0 bridgehead atoms. The van der Waals surface area contributed by atoms with Gasteiger partial charge in [0.05, 0.1) is 0 Å². The number of amides is 1. The molecule has 0 saturated heterocycles. The fourth-order valence-corrected chi connectivity index (χ4v) is 3.33. The summed E-state index contributed by atoms with van der Waals surface area (Å²) >= 11 is 0. The number of carbonyl (C=O) groups is 1. The lowest BCUT2D eigenvalue weighted by Crippen LogP contribution is -2.31. The van der Waals surface area contributed by atoms with Crippen molar-refractivity contribution in [3.05, 3.63) is 81.8 Å². The van der Waals surface area contributed by atoms with Crippen LogP contribution in [0.1, 0.15) is 16.8 Å². The molecule has 0 aliphatic carbocycles. The van der Waals surface area contributed by atoms with Crippen molar-refractivity contribution in [3.8, 4) is 17.5 Å². The summed E-state index contributed by atoms with van der Waals surface area (Å²) in [5.74, 6) is 0.0826. The van der Waals surface area contributed by atoms with E-state index in [9.17, 15) is 14.9 Å². The van der Waals surface area contributed by atoms with Crippen LogP contribution in [0.3, 0.4) is 0 Å². The molecule has 0 aliphatic heterocycles. The maximum Gasteiger partial charge on any atom is 0.269 e. The zero-order chi connectivity index (χ0) is 21.3. The second-order valence-corrected chi connectivity index (χ2v) is 6.96. The normalized spacial score (nSPS) is 10.7. The molecule has 0 fully saturated rings. The maximum atomic E-state index is 12.6. The van der Waals surface area contributed by atoms with E-state index in [0.717, 1.165) is 11.1 Å². The minimum Gasteiger partial charge on any atom is -0.436 e. The Kier molecular flexibility index (Phi) is 4.90. The molecule has 4 aromatic rings. The van der Waals surface area contributed by atoms with Crippen molar-refractivity contribution in [1.29, 1.82) is 5.26 Å². The largest absolute Gasteiger partial charge is 0.436 e. The molecule has 2 aromatic heterocycles. The monoisotopic (exact) mass is 398 g/mol. The molecule has 0 radical (unpaired) electrons. The molecular formula is C23H18N4O3. The first-order valence-corrected chi connectivity index (χ1v) is 9.33. The van der Waals surface area contributed by atoms with Crippen molar-refractivity contribution in [2.75, 3.05) is 5.32 Å². The average molecular weight is 398 g/mol. The summed E-state index contributed by atoms with van der Waals surface area (Å²) in [6.07, 6.45) is 0. The van der Waals surface area contributed by atoms with Gasteiger partial charge in [-0.05, 0) is 55.8 Å². The van der Waals surface area contributed by atoms with Gasteiger partial charge in [-0.2, -0.15) is 5.26 Å². The van der Waals surface area contributed by atoms with Crippen LogP contribution in [-0.4, -0.2) is 15.5 Å². The Bertz CT molecular complexity index is 1340. The number of aromatic nitrogens is 2. The third kappa shape index (κ3) is 3.59. The topological polar surface area (TPSA) is 101 Å². The van der Waals surface area contributed by atoms with Crippen LogP contribution >= 0.6 is 0 Å². The number of nitriles is 1. The molecule has 7 heteroatoms. The van der Waals surface area contributed by atoms with E-state index in [-0.39, 0.29) is 18.0 Å². The molecule has 4 rings (SSSR count). The van der Waals surface area contributed by atoms with Crippen LogP contribution in [0.5, 0.6) is 0 Å². The van der Waals surface area contributed by atoms with Crippen LogP contribution in [0.4, 0.5) is 5.69 Å². The quantitative estimate of drug-likeness (QED) is 0.564. The van der Waals surface area contributed by atoms with E-state index in [1.807, 2.05) is 36.4 Å². The maximum absolute atomic E-state index is 12.6. The highest BCUT2D eigenvalue weighted by Crippen LogP contribution is 2.26. The number of para-hydroxylation sites is 2. The zero-order valence-electron chi connectivity index (χ0n) is 16.5. The van der Waals surface area contributed by atoms with Gasteiger partial charge in [-0.15, -0.1) is 0 Å². The Labute approximate surface area is 172 Å². The number of fused-ring (bicyclic) bond motifs is 1. The van der Waals surface area contributed by atoms with Crippen molar-refractivity contribution >= 4 is 22.7 Å². The summed E-state index contributed by atoms with van der Waals surface area (Å²) in [4.78, 5) is 29.5. The number of benzene rings is 2. The lowest BCUT2D eigenvalue weighted by atomic mass is 10.1. The van der Waals surface area contributed by atoms with Crippen molar-refractivity contribution in [2.24, 2.45) is 0 Å². The van der Waals surface area contributed by atoms with Gasteiger partial charge < -0.3 is 14.3 Å². The SMILES string of the molecule is Cc1cc(C)n(CC(=O)Nc2cccc(-c3nc4ccccc4o3)c2)c(=O)c1C#N. The van der Waals surface area contributed by atoms with Crippen molar-refractivity contribution < 1.29 is 9.21 Å². The molecule has 0 saturated carbocycles. The molecule has 30 heavy (non-hydrogen) atoms. The smallest absolute Gasteiger partial charge is 0.269 e. The molecule has 0 aliphatic rings. The van der Waals surface area contributed by atoms with E-state index in [1.165, 1.54) is 4.57 Å². The highest BCUT2D eigenvalue weighted by atomic mass is 16.3. The highest BCUT2D eigenvalue weighted by molar-refractivity contribution is 5.91. The Morgan fingerprint density at radius 1 is 1.17 bits per heavy atom. The van der Waals surface area contributed by atoms with Gasteiger partial charge in [0.25, 0.3) is 5.56 Å². The number of hydrogen-bond donors (Lipinski definition) is 1. The van der Waals surface area contributed by atoms with Crippen molar-refractivity contribution in [1.82, 2.24) is 9.55 Å². The first-order chi connectivity index (χ1) is 14.5. The van der Waals surface area contributed by atoms with Gasteiger partial charge in [0.2, 0.25) is 11.8 Å². The number of nitrogens with one attached hydrogen (secondary N) is 1. The lowest BCUT2D eigenvalue weighted by Gasteiger charge is -2.12. The number of aryl methyl sites for hydroxylation is 2. The van der Waals surface area contributed by atoms with E-state index in [1.54, 1.807) is 38.1 Å². The van der Waals surface area contributed by atoms with Gasteiger partial charge in [-0.3, -0.25) is 9.59 Å². The third-order valence-electron chi connectivity index (χ3n) is 4.81. The molecule has 2 aromatic carbocycles. The molecule has 0 unspecified atom stereocenters. The van der Waals surface area contributed by atoms with Crippen LogP contribution in [0.25, 0.3) is 22.6 Å². The number of carbonyl (C=O) groups excluding carboxylic acids is 1. The molecule has 2 heterocycles. The third-order valence-corrected chi connectivity index (χ3v) is 4.81. The molecule has 148 valence electrons. The predicted octanol–water partition coefficient (Wildman–Crippen LogP) is 3.78. The van der Waals surface area contributed by atoms with Gasteiger partial charge in [-0.25, -0.2) is 4.98 Å². The molecular weight excluding hydrogens is 380 g/mol. The van der Waals surface area contributed by atoms with Crippen LogP contribution < -0.4 is 10.9 Å². The summed E-state index contributed by atoms with van der Waals surface area (Å²) < 4.78 is 7.08. The lowest BCUT2D eigenvalue weighted by molar-refractivity contribution is -0.116. The molecule has 0 atom stereocenters. The number of oxazole rings is 1. The molecule has 1 amide bonds. The molecule has 1 N–H and O–H groups in total. The van der Waals surface area contributed by atoms with Gasteiger partial charge in [0.1, 0.15) is 23.7 Å². The highest BCUT2D eigenvalue weighted by Gasteiger charge is 2.14. The van der Waals surface area contributed by atoms with Crippen LogP contribution in [-0.2, 0) is 11.3 Å². The summed E-state index contributed by atoms with van der Waals surface area (Å²) in [6, 6.07) is 18.2. The fourth-order valence-electron chi connectivity index (χ4n) is 3.33. The molecule has 0 spiro atoms. The number of hydrogen-bond acceptors (Lipinski definition) is 5. The van der Waals surface area contributed by atoms with E-state index in [2.05, 4.69) is 10.3 Å². The van der Waals surface area contributed by atoms with E-state index in [4.69, 9.17) is 4.42 Å². The van der Waals surface area contributed by atoms with E-state index >= 15 is 0 Å². The average Bonchev–Trinajstić information content (AvgIpc) is 3.16. The Hall–Kier alpha value is -4.18. The standard InChI is InChI=1S/C23H18N4O3/c1-14-10-15(2)27(23(29)18(14)12-24)13-21(28)25-17-7-5-6-16(11-17)22-26-19-8-3-4-9-20(19)30-22/h3-11H,13H2,1-2H3,(H,25,28). The van der Waals surface area contributed by atoms with E-state index in [0.29, 0.717) is 28.4 Å². The second kappa shape index (κ2) is 7.68. The van der Waals surface area contributed by atoms with Gasteiger partial charge in [0.15, 0.2) is 5.58 Å². The van der Waals surface area contributed by atoms with Gasteiger partial charge in [0, 0.05) is 16.9 Å². The minimum absolute atomic E-state index is 0.0476. The van der Waals surface area contributed by atoms with Gasteiger partial charge in [-0.1, -0.05) is 18.2 Å². The van der Waals surface area contributed by atoms with Crippen LogP contribution in [0.2, 0.25) is 0 Å². The number of anilines is 1. The number of pyridine rings is 1. The first-order valence-electron chi connectivity index (χ1n) is 9.33. The Morgan fingerprint density at radius 3 is 2.73 bits per heavy atom. The van der Waals surface area contributed by atoms with Crippen LogP contribution in [0, 0.1) is 25.2 Å². The zero-order valence-corrected chi connectivity index (χ0v) is 16.5. The summed E-state index contributed by atoms with van der Waals surface area (Å²) in [6.45, 7) is 3.25. The molecule has 7 nitrogen and oxygen atoms in total. The van der Waals surface area contributed by atoms with E-state index < -0.39 is 5.56 Å². The summed E-state index contributed by atoms with van der Waals surface area (Å²) in [5, 5.41) is 12.0. The van der Waals surface area contributed by atoms with Crippen molar-refractivity contribution in [2.45, 2.75) is 20.4 Å². The summed E-state index contributed by atoms with van der Waals surface area (Å²) in [7, 11) is 0. The Morgan fingerprint density at radius 2 is 1.97 bits per heavy atom. The fraction of sp³-hybridized carbons (Fsp3) is 0.130.